The first-order chi connectivity index (χ1) is 10.3. The van der Waals surface area contributed by atoms with Crippen LogP contribution < -0.4 is 27.0 Å². The Bertz CT molecular complexity index is 226. The SMILES string of the molecule is CC(=O)NCCCCNCCCNCCCNCCCN. The standard InChI is InChI=1S/C15H35N5O/c1-15(21)20-14-3-2-8-17-10-5-12-19-13-6-11-18-9-4-7-16/h17-19H,2-14,16H2,1H3,(H,20,21). The average molecular weight is 301 g/mol. The van der Waals surface area contributed by atoms with E-state index in [-0.39, 0.29) is 5.91 Å². The first-order valence-corrected chi connectivity index (χ1v) is 8.34. The van der Waals surface area contributed by atoms with Gasteiger partial charge in [-0.15, -0.1) is 0 Å². The van der Waals surface area contributed by atoms with E-state index in [1.165, 1.54) is 6.42 Å². The van der Waals surface area contributed by atoms with Gasteiger partial charge in [0.15, 0.2) is 0 Å². The maximum Gasteiger partial charge on any atom is 0.216 e. The van der Waals surface area contributed by atoms with E-state index in [1.807, 2.05) is 0 Å². The first kappa shape index (κ1) is 20.3. The van der Waals surface area contributed by atoms with Gasteiger partial charge >= 0.3 is 0 Å². The molecule has 1 amide bonds. The van der Waals surface area contributed by atoms with Gasteiger partial charge in [-0.3, -0.25) is 4.79 Å². The van der Waals surface area contributed by atoms with Crippen molar-refractivity contribution in [2.24, 2.45) is 5.73 Å². The van der Waals surface area contributed by atoms with Crippen molar-refractivity contribution < 1.29 is 4.79 Å². The molecular weight excluding hydrogens is 266 g/mol. The molecule has 0 bridgehead atoms. The van der Waals surface area contributed by atoms with Crippen LogP contribution in [0, 0.1) is 0 Å². The van der Waals surface area contributed by atoms with Crippen molar-refractivity contribution in [2.75, 3.05) is 52.4 Å². The van der Waals surface area contributed by atoms with Gasteiger partial charge in [-0.25, -0.2) is 0 Å². The number of hydrogen-bond acceptors (Lipinski definition) is 5. The fraction of sp³-hybridized carbons (Fsp3) is 0.933. The minimum absolute atomic E-state index is 0.0589. The number of unbranched alkanes of at least 4 members (excludes halogenated alkanes) is 1. The first-order valence-electron chi connectivity index (χ1n) is 8.34. The second-order valence-electron chi connectivity index (χ2n) is 5.29. The lowest BCUT2D eigenvalue weighted by Gasteiger charge is -2.07. The third kappa shape index (κ3) is 19.3. The zero-order valence-corrected chi connectivity index (χ0v) is 13.7. The predicted octanol–water partition coefficient (Wildman–Crippen LogP) is -0.199. The molecule has 6 nitrogen and oxygen atoms in total. The van der Waals surface area contributed by atoms with Gasteiger partial charge in [-0.2, -0.15) is 0 Å². The van der Waals surface area contributed by atoms with Gasteiger partial charge in [0.1, 0.15) is 0 Å². The van der Waals surface area contributed by atoms with Gasteiger partial charge < -0.3 is 27.0 Å². The maximum atomic E-state index is 10.6. The lowest BCUT2D eigenvalue weighted by molar-refractivity contribution is -0.118. The number of amides is 1. The van der Waals surface area contributed by atoms with Crippen LogP contribution in [0.1, 0.15) is 39.0 Å². The normalized spacial score (nSPS) is 10.8. The van der Waals surface area contributed by atoms with Gasteiger partial charge in [0.2, 0.25) is 5.91 Å². The largest absolute Gasteiger partial charge is 0.356 e. The monoisotopic (exact) mass is 301 g/mol. The molecule has 0 fully saturated rings. The fourth-order valence-electron chi connectivity index (χ4n) is 1.92. The highest BCUT2D eigenvalue weighted by Gasteiger charge is 1.93. The summed E-state index contributed by atoms with van der Waals surface area (Å²) in [6, 6.07) is 0. The summed E-state index contributed by atoms with van der Waals surface area (Å²) >= 11 is 0. The molecule has 0 aromatic rings. The van der Waals surface area contributed by atoms with Crippen LogP contribution in [0.15, 0.2) is 0 Å². The summed E-state index contributed by atoms with van der Waals surface area (Å²) in [6.07, 6.45) is 5.54. The highest BCUT2D eigenvalue weighted by atomic mass is 16.1. The molecule has 0 aromatic carbocycles. The van der Waals surface area contributed by atoms with Crippen molar-refractivity contribution in [1.82, 2.24) is 21.3 Å². The van der Waals surface area contributed by atoms with E-state index >= 15 is 0 Å². The zero-order valence-electron chi connectivity index (χ0n) is 13.7. The second-order valence-corrected chi connectivity index (χ2v) is 5.29. The lowest BCUT2D eigenvalue weighted by atomic mass is 10.3. The van der Waals surface area contributed by atoms with Crippen molar-refractivity contribution in [3.8, 4) is 0 Å². The van der Waals surface area contributed by atoms with Crippen LogP contribution in [-0.4, -0.2) is 58.3 Å². The molecule has 0 heterocycles. The second kappa shape index (κ2) is 17.4. The molecule has 0 aliphatic carbocycles. The quantitative estimate of drug-likeness (QED) is 0.255. The fourth-order valence-corrected chi connectivity index (χ4v) is 1.92. The molecule has 0 atom stereocenters. The molecule has 6 N–H and O–H groups in total. The molecule has 0 aliphatic heterocycles. The van der Waals surface area contributed by atoms with Crippen molar-refractivity contribution >= 4 is 5.91 Å². The number of nitrogens with one attached hydrogen (secondary N) is 4. The molecular formula is C15H35N5O. The molecule has 0 aromatic heterocycles. The van der Waals surface area contributed by atoms with E-state index in [1.54, 1.807) is 6.92 Å². The summed E-state index contributed by atoms with van der Waals surface area (Å²) in [5.74, 6) is 0.0589. The van der Waals surface area contributed by atoms with Gasteiger partial charge in [-0.1, -0.05) is 0 Å². The Kier molecular flexibility index (Phi) is 16.8. The van der Waals surface area contributed by atoms with Crippen molar-refractivity contribution in [1.29, 1.82) is 0 Å². The summed E-state index contributed by atoms with van der Waals surface area (Å²) in [6.45, 7) is 9.45. The zero-order chi connectivity index (χ0) is 15.6. The summed E-state index contributed by atoms with van der Waals surface area (Å²) in [7, 11) is 0. The van der Waals surface area contributed by atoms with E-state index < -0.39 is 0 Å². The van der Waals surface area contributed by atoms with E-state index in [0.29, 0.717) is 0 Å². The number of nitrogens with two attached hydrogens (primary N) is 1. The average Bonchev–Trinajstić information content (AvgIpc) is 2.46. The molecule has 0 aliphatic rings. The summed E-state index contributed by atoms with van der Waals surface area (Å²) in [5, 5.41) is 13.0. The van der Waals surface area contributed by atoms with Crippen LogP contribution in [0.4, 0.5) is 0 Å². The van der Waals surface area contributed by atoms with Crippen LogP contribution in [-0.2, 0) is 4.79 Å². The Hall–Kier alpha value is -0.690. The Balaban J connectivity index is 2.95. The minimum atomic E-state index is 0.0589. The Morgan fingerprint density at radius 1 is 0.714 bits per heavy atom. The molecule has 0 saturated carbocycles. The van der Waals surface area contributed by atoms with Crippen LogP contribution in [0.25, 0.3) is 0 Å². The highest BCUT2D eigenvalue weighted by Crippen LogP contribution is 1.85. The van der Waals surface area contributed by atoms with Crippen LogP contribution in [0.3, 0.4) is 0 Å². The van der Waals surface area contributed by atoms with Gasteiger partial charge in [-0.05, 0) is 77.9 Å². The summed E-state index contributed by atoms with van der Waals surface area (Å²) in [4.78, 5) is 10.6. The Morgan fingerprint density at radius 2 is 1.14 bits per heavy atom. The number of carbonyl (C=O) groups excluding carboxylic acids is 1. The molecule has 21 heavy (non-hydrogen) atoms. The molecule has 126 valence electrons. The number of carbonyl (C=O) groups is 1. The smallest absolute Gasteiger partial charge is 0.216 e. The van der Waals surface area contributed by atoms with E-state index in [4.69, 9.17) is 5.73 Å². The molecule has 0 spiro atoms. The van der Waals surface area contributed by atoms with Crippen molar-refractivity contribution in [2.45, 2.75) is 39.0 Å². The molecule has 0 rings (SSSR count). The third-order valence-electron chi connectivity index (χ3n) is 3.13. The van der Waals surface area contributed by atoms with Crippen molar-refractivity contribution in [3.63, 3.8) is 0 Å². The van der Waals surface area contributed by atoms with Crippen LogP contribution in [0.5, 0.6) is 0 Å². The van der Waals surface area contributed by atoms with E-state index in [9.17, 15) is 4.79 Å². The molecule has 0 saturated heterocycles. The maximum absolute atomic E-state index is 10.6. The topological polar surface area (TPSA) is 91.2 Å². The third-order valence-corrected chi connectivity index (χ3v) is 3.13. The van der Waals surface area contributed by atoms with Gasteiger partial charge in [0.05, 0.1) is 0 Å². The summed E-state index contributed by atoms with van der Waals surface area (Å²) in [5.41, 5.74) is 5.42. The van der Waals surface area contributed by atoms with Crippen LogP contribution in [0.2, 0.25) is 0 Å². The molecule has 6 heteroatoms. The number of hydrogen-bond donors (Lipinski definition) is 5. The molecule has 0 unspecified atom stereocenters. The van der Waals surface area contributed by atoms with Gasteiger partial charge in [0, 0.05) is 13.5 Å². The number of rotatable bonds is 16. The molecule has 0 radical (unpaired) electrons. The Morgan fingerprint density at radius 3 is 1.62 bits per heavy atom. The summed E-state index contributed by atoms with van der Waals surface area (Å²) < 4.78 is 0. The van der Waals surface area contributed by atoms with E-state index in [0.717, 1.165) is 78.0 Å². The lowest BCUT2D eigenvalue weighted by Crippen LogP contribution is -2.26. The van der Waals surface area contributed by atoms with Gasteiger partial charge in [0.25, 0.3) is 0 Å². The van der Waals surface area contributed by atoms with E-state index in [2.05, 4.69) is 21.3 Å². The van der Waals surface area contributed by atoms with Crippen LogP contribution >= 0.6 is 0 Å². The highest BCUT2D eigenvalue weighted by molar-refractivity contribution is 5.72. The predicted molar refractivity (Wildman–Crippen MR) is 89.4 cm³/mol. The Labute approximate surface area is 130 Å². The van der Waals surface area contributed by atoms with Crippen molar-refractivity contribution in [3.05, 3.63) is 0 Å². The minimum Gasteiger partial charge on any atom is -0.356 e.